The minimum atomic E-state index is -0.445. The number of anilines is 1. The fourth-order valence-electron chi connectivity index (χ4n) is 1.91. The summed E-state index contributed by atoms with van der Waals surface area (Å²) in [5.41, 5.74) is 2.75. The molecule has 0 aliphatic carbocycles. The van der Waals surface area contributed by atoms with E-state index in [2.05, 4.69) is 30.2 Å². The zero-order chi connectivity index (χ0) is 17.6. The lowest BCUT2D eigenvalue weighted by atomic mass is 10.2. The number of carbonyl (C=O) groups is 1. The third-order valence-electron chi connectivity index (χ3n) is 3.04. The van der Waals surface area contributed by atoms with Crippen molar-refractivity contribution in [2.24, 2.45) is 4.99 Å². The van der Waals surface area contributed by atoms with Crippen LogP contribution in [0.5, 0.6) is 0 Å². The minimum Gasteiger partial charge on any atom is -0.302 e. The van der Waals surface area contributed by atoms with Crippen molar-refractivity contribution in [1.29, 1.82) is 0 Å². The normalized spacial score (nSPS) is 11.2. The predicted molar refractivity (Wildman–Crippen MR) is 89.1 cm³/mol. The van der Waals surface area contributed by atoms with Crippen molar-refractivity contribution in [3.8, 4) is 0 Å². The number of halogens is 1. The number of pyridine rings is 1. The first kappa shape index (κ1) is 16.6. The molecule has 0 saturated heterocycles. The number of nitrogens with zero attached hydrogens (tertiary/aromatic N) is 4. The van der Waals surface area contributed by atoms with Gasteiger partial charge in [0.25, 0.3) is 5.91 Å². The van der Waals surface area contributed by atoms with Crippen LogP contribution in [0.3, 0.4) is 0 Å². The van der Waals surface area contributed by atoms with Gasteiger partial charge in [0.2, 0.25) is 5.82 Å². The Bertz CT molecular complexity index is 912. The standard InChI is InChI=1S/C15H11ClN6O3/c16-10-2-1-3-11(8-10)18-13(20-24)12-14(22-25-21-12)19-15(23)9-4-6-17-7-5-9/h1-8,24H,(H,18,20)(H,19,22,23). The maximum atomic E-state index is 12.2. The third-order valence-corrected chi connectivity index (χ3v) is 3.28. The van der Waals surface area contributed by atoms with Crippen molar-refractivity contribution >= 4 is 34.8 Å². The number of amidine groups is 1. The van der Waals surface area contributed by atoms with Crippen molar-refractivity contribution in [2.45, 2.75) is 0 Å². The molecule has 10 heteroatoms. The summed E-state index contributed by atoms with van der Waals surface area (Å²) in [6.45, 7) is 0. The molecule has 2 heterocycles. The second-order valence-electron chi connectivity index (χ2n) is 4.70. The second-order valence-corrected chi connectivity index (χ2v) is 5.14. The molecule has 0 fully saturated rings. The van der Waals surface area contributed by atoms with Crippen molar-refractivity contribution in [3.63, 3.8) is 0 Å². The lowest BCUT2D eigenvalue weighted by molar-refractivity contribution is 0.102. The van der Waals surface area contributed by atoms with Gasteiger partial charge in [-0.25, -0.2) is 9.62 Å². The Morgan fingerprint density at radius 1 is 1.20 bits per heavy atom. The van der Waals surface area contributed by atoms with E-state index >= 15 is 0 Å². The highest BCUT2D eigenvalue weighted by molar-refractivity contribution is 6.30. The van der Waals surface area contributed by atoms with Crippen LogP contribution in [0.1, 0.15) is 16.1 Å². The van der Waals surface area contributed by atoms with Crippen LogP contribution in [0.15, 0.2) is 58.4 Å². The molecule has 3 N–H and O–H groups in total. The largest absolute Gasteiger partial charge is 0.302 e. The number of aromatic nitrogens is 3. The molecule has 0 spiro atoms. The molecule has 3 aromatic rings. The maximum Gasteiger partial charge on any atom is 0.257 e. The summed E-state index contributed by atoms with van der Waals surface area (Å²) in [4.78, 5) is 20.2. The van der Waals surface area contributed by atoms with E-state index in [-0.39, 0.29) is 17.3 Å². The van der Waals surface area contributed by atoms with Crippen LogP contribution in [0.2, 0.25) is 5.02 Å². The number of hydrogen-bond donors (Lipinski definition) is 3. The fourth-order valence-corrected chi connectivity index (χ4v) is 2.10. The van der Waals surface area contributed by atoms with Crippen LogP contribution in [-0.2, 0) is 0 Å². The van der Waals surface area contributed by atoms with Crippen LogP contribution in [0.25, 0.3) is 0 Å². The molecule has 9 nitrogen and oxygen atoms in total. The number of benzene rings is 1. The minimum absolute atomic E-state index is 0.0101. The lowest BCUT2D eigenvalue weighted by Gasteiger charge is -2.05. The number of carbonyl (C=O) groups excluding carboxylic acids is 1. The SMILES string of the molecule is O=C(Nc1nonc1C(=Nc1cccc(Cl)c1)NO)c1ccncc1. The quantitative estimate of drug-likeness (QED) is 0.371. The van der Waals surface area contributed by atoms with Gasteiger partial charge >= 0.3 is 0 Å². The van der Waals surface area contributed by atoms with E-state index in [4.69, 9.17) is 11.6 Å². The van der Waals surface area contributed by atoms with Gasteiger partial charge < -0.3 is 5.32 Å². The summed E-state index contributed by atoms with van der Waals surface area (Å²) in [7, 11) is 0. The highest BCUT2D eigenvalue weighted by Crippen LogP contribution is 2.20. The monoisotopic (exact) mass is 358 g/mol. The van der Waals surface area contributed by atoms with Gasteiger partial charge in [0.15, 0.2) is 11.5 Å². The molecule has 0 aliphatic heterocycles. The van der Waals surface area contributed by atoms with Crippen molar-refractivity contribution < 1.29 is 14.6 Å². The summed E-state index contributed by atoms with van der Waals surface area (Å²) < 4.78 is 4.64. The van der Waals surface area contributed by atoms with E-state index in [9.17, 15) is 10.0 Å². The van der Waals surface area contributed by atoms with Crippen LogP contribution >= 0.6 is 11.6 Å². The fraction of sp³-hybridized carbons (Fsp3) is 0. The highest BCUT2D eigenvalue weighted by Gasteiger charge is 2.19. The molecular formula is C15H11ClN6O3. The first-order chi connectivity index (χ1) is 12.2. The van der Waals surface area contributed by atoms with E-state index in [1.165, 1.54) is 24.5 Å². The Balaban J connectivity index is 1.88. The van der Waals surface area contributed by atoms with Crippen LogP contribution in [0, 0.1) is 0 Å². The number of aliphatic imine (C=N–C) groups is 1. The topological polar surface area (TPSA) is 126 Å². The van der Waals surface area contributed by atoms with Gasteiger partial charge in [-0.2, -0.15) is 0 Å². The molecule has 1 amide bonds. The van der Waals surface area contributed by atoms with Gasteiger partial charge in [0, 0.05) is 23.0 Å². The Labute approximate surface area is 146 Å². The molecule has 3 rings (SSSR count). The molecule has 0 radical (unpaired) electrons. The lowest BCUT2D eigenvalue weighted by Crippen LogP contribution is -2.23. The van der Waals surface area contributed by atoms with Crippen LogP contribution in [-0.4, -0.2) is 32.2 Å². The van der Waals surface area contributed by atoms with Crippen LogP contribution in [0.4, 0.5) is 11.5 Å². The number of rotatable bonds is 4. The molecular weight excluding hydrogens is 348 g/mol. The Hall–Kier alpha value is -3.30. The zero-order valence-corrected chi connectivity index (χ0v) is 13.3. The van der Waals surface area contributed by atoms with Gasteiger partial charge in [-0.05, 0) is 40.6 Å². The molecule has 126 valence electrons. The number of amides is 1. The van der Waals surface area contributed by atoms with Gasteiger partial charge in [0.05, 0.1) is 5.69 Å². The molecule has 1 aromatic carbocycles. The molecule has 0 bridgehead atoms. The molecule has 0 unspecified atom stereocenters. The Kier molecular flexibility index (Phi) is 4.97. The van der Waals surface area contributed by atoms with E-state index in [1.807, 2.05) is 5.48 Å². The second kappa shape index (κ2) is 7.51. The summed E-state index contributed by atoms with van der Waals surface area (Å²) in [6.07, 6.45) is 2.97. The highest BCUT2D eigenvalue weighted by atomic mass is 35.5. The average molecular weight is 359 g/mol. The van der Waals surface area contributed by atoms with Gasteiger partial charge in [-0.3, -0.25) is 20.5 Å². The van der Waals surface area contributed by atoms with Gasteiger partial charge in [0.1, 0.15) is 0 Å². The molecule has 0 saturated carbocycles. The van der Waals surface area contributed by atoms with Gasteiger partial charge in [-0.15, -0.1) is 0 Å². The number of hydroxylamine groups is 1. The third kappa shape index (κ3) is 3.97. The van der Waals surface area contributed by atoms with Crippen LogP contribution < -0.4 is 10.8 Å². The summed E-state index contributed by atoms with van der Waals surface area (Å²) in [5.74, 6) is -0.530. The first-order valence-electron chi connectivity index (χ1n) is 6.96. The van der Waals surface area contributed by atoms with Crippen molar-refractivity contribution in [1.82, 2.24) is 20.8 Å². The Morgan fingerprint density at radius 2 is 2.00 bits per heavy atom. The summed E-state index contributed by atoms with van der Waals surface area (Å²) >= 11 is 5.90. The van der Waals surface area contributed by atoms with Crippen molar-refractivity contribution in [2.75, 3.05) is 5.32 Å². The molecule has 25 heavy (non-hydrogen) atoms. The van der Waals surface area contributed by atoms with Crippen molar-refractivity contribution in [3.05, 3.63) is 65.1 Å². The van der Waals surface area contributed by atoms with E-state index in [1.54, 1.807) is 24.3 Å². The molecule has 0 atom stereocenters. The Morgan fingerprint density at radius 3 is 2.72 bits per heavy atom. The first-order valence-corrected chi connectivity index (χ1v) is 7.34. The van der Waals surface area contributed by atoms with E-state index in [0.29, 0.717) is 16.3 Å². The molecule has 0 aliphatic rings. The molecule has 2 aromatic heterocycles. The van der Waals surface area contributed by atoms with Gasteiger partial charge in [-0.1, -0.05) is 17.7 Å². The smallest absolute Gasteiger partial charge is 0.257 e. The number of hydrogen-bond acceptors (Lipinski definition) is 7. The van der Waals surface area contributed by atoms with E-state index in [0.717, 1.165) is 0 Å². The van der Waals surface area contributed by atoms with E-state index < -0.39 is 5.91 Å². The number of nitrogens with one attached hydrogen (secondary N) is 2. The predicted octanol–water partition coefficient (Wildman–Crippen LogP) is 2.43. The summed E-state index contributed by atoms with van der Waals surface area (Å²) in [6, 6.07) is 9.71. The maximum absolute atomic E-state index is 12.2. The summed E-state index contributed by atoms with van der Waals surface area (Å²) in [5, 5.41) is 19.6. The zero-order valence-electron chi connectivity index (χ0n) is 12.5. The average Bonchev–Trinajstić information content (AvgIpc) is 3.08.